The first kappa shape index (κ1) is 27.4. The molecule has 0 fully saturated rings. The minimum atomic E-state index is 1.24. The first-order valence-corrected chi connectivity index (χ1v) is 9.76. The molecule has 0 heterocycles. The Labute approximate surface area is 206 Å². The van der Waals surface area contributed by atoms with Gasteiger partial charge in [-0.15, -0.1) is 0 Å². The highest BCUT2D eigenvalue weighted by atomic mass is 14.3. The van der Waals surface area contributed by atoms with Gasteiger partial charge in [0.15, 0.2) is 48.6 Å². The lowest BCUT2D eigenvalue weighted by Crippen LogP contribution is -1.85. The second-order valence-electron chi connectivity index (χ2n) is 6.31. The quantitative estimate of drug-likeness (QED) is 0.202. The lowest BCUT2D eigenvalue weighted by Gasteiger charge is -2.13. The second-order valence-corrected chi connectivity index (χ2v) is 6.31. The zero-order valence-corrected chi connectivity index (χ0v) is 18.5. The summed E-state index contributed by atoms with van der Waals surface area (Å²) < 4.78 is 0. The molecule has 0 aliphatic heterocycles. The number of rotatable bonds is 0. The Kier molecular flexibility index (Phi) is 11.5. The monoisotopic (exact) mass is 460 g/mol. The third-order valence-corrected chi connectivity index (χ3v) is 4.59. The third kappa shape index (κ3) is 6.66. The van der Waals surface area contributed by atoms with Crippen LogP contribution in [0.5, 0.6) is 0 Å². The average molecular weight is 460 g/mol. The van der Waals surface area contributed by atoms with Gasteiger partial charge in [-0.1, -0.05) is 72.8 Å². The van der Waals surface area contributed by atoms with E-state index in [0.29, 0.717) is 0 Å². The molecule has 164 valence electrons. The van der Waals surface area contributed by atoms with Gasteiger partial charge in [0.2, 0.25) is 0 Å². The van der Waals surface area contributed by atoms with Gasteiger partial charge >= 0.3 is 0 Å². The molecule has 0 aliphatic carbocycles. The van der Waals surface area contributed by atoms with E-state index in [1.165, 1.54) is 91.6 Å². The van der Waals surface area contributed by atoms with E-state index in [1.807, 2.05) is 0 Å². The summed E-state index contributed by atoms with van der Waals surface area (Å²) in [5.74, 6) is 0. The van der Waals surface area contributed by atoms with E-state index in [1.54, 1.807) is 0 Å². The molecule has 0 atom stereocenters. The van der Waals surface area contributed by atoms with Crippen molar-refractivity contribution < 1.29 is 0 Å². The first-order chi connectivity index (χ1) is 17.6. The SMILES string of the molecule is N#CC#N.N#CC#N.N#CC#N.N#CC#N.c1cc2cccc3c4cccc5cccc(c(c1)c23)c54. The maximum atomic E-state index is 7.26. The van der Waals surface area contributed by atoms with E-state index in [4.69, 9.17) is 42.1 Å². The molecular weight excluding hydrogens is 448 g/mol. The van der Waals surface area contributed by atoms with Crippen molar-refractivity contribution in [3.05, 3.63) is 72.8 Å². The maximum absolute atomic E-state index is 7.26. The molecule has 36 heavy (non-hydrogen) atoms. The Hall–Kier alpha value is -6.68. The van der Waals surface area contributed by atoms with Gasteiger partial charge in [0, 0.05) is 0 Å². The highest BCUT2D eigenvalue weighted by Crippen LogP contribution is 2.39. The molecule has 5 aromatic carbocycles. The van der Waals surface area contributed by atoms with E-state index < -0.39 is 0 Å². The number of benzene rings is 5. The fraction of sp³-hybridized carbons (Fsp3) is 0. The van der Waals surface area contributed by atoms with Gasteiger partial charge in [0.1, 0.15) is 0 Å². The van der Waals surface area contributed by atoms with Crippen LogP contribution in [0.15, 0.2) is 72.8 Å². The van der Waals surface area contributed by atoms with Crippen molar-refractivity contribution in [1.82, 2.24) is 0 Å². The van der Waals surface area contributed by atoms with Crippen LogP contribution in [0.25, 0.3) is 43.1 Å². The van der Waals surface area contributed by atoms with Gasteiger partial charge < -0.3 is 0 Å². The van der Waals surface area contributed by atoms with Crippen molar-refractivity contribution in [2.45, 2.75) is 0 Å². The van der Waals surface area contributed by atoms with Gasteiger partial charge in [0.05, 0.1) is 0 Å². The molecule has 0 saturated heterocycles. The van der Waals surface area contributed by atoms with E-state index in [2.05, 4.69) is 72.8 Å². The normalized spacial score (nSPS) is 7.78. The summed E-state index contributed by atoms with van der Waals surface area (Å²) in [5, 5.41) is 69.0. The van der Waals surface area contributed by atoms with Crippen LogP contribution in [0.1, 0.15) is 0 Å². The summed E-state index contributed by atoms with van der Waals surface area (Å²) >= 11 is 0. The van der Waals surface area contributed by atoms with Crippen molar-refractivity contribution in [1.29, 1.82) is 42.1 Å². The number of nitrogens with zero attached hydrogens (tertiary/aromatic N) is 8. The number of nitriles is 8. The summed E-state index contributed by atoms with van der Waals surface area (Å²) in [6, 6.07) is 36.3. The predicted molar refractivity (Wildman–Crippen MR) is 133 cm³/mol. The van der Waals surface area contributed by atoms with E-state index in [-0.39, 0.29) is 0 Å². The van der Waals surface area contributed by atoms with Crippen LogP contribution in [-0.2, 0) is 0 Å². The van der Waals surface area contributed by atoms with Crippen LogP contribution in [0.2, 0.25) is 0 Å². The van der Waals surface area contributed by atoms with Gasteiger partial charge in [-0.3, -0.25) is 0 Å². The fourth-order valence-electron chi connectivity index (χ4n) is 3.58. The summed E-state index contributed by atoms with van der Waals surface area (Å²) in [6.45, 7) is 0. The largest absolute Gasteiger partial charge is 0.181 e. The third-order valence-electron chi connectivity index (χ3n) is 4.59. The minimum Gasteiger partial charge on any atom is -0.181 e. The molecular formula is C28H12N8. The van der Waals surface area contributed by atoms with E-state index in [9.17, 15) is 0 Å². The second kappa shape index (κ2) is 15.2. The zero-order chi connectivity index (χ0) is 26.8. The Morgan fingerprint density at radius 1 is 0.306 bits per heavy atom. The van der Waals surface area contributed by atoms with Gasteiger partial charge in [-0.05, 0) is 43.1 Å². The highest BCUT2D eigenvalue weighted by molar-refractivity contribution is 6.32. The molecule has 8 heteroatoms. The molecule has 0 aliphatic rings. The fourth-order valence-corrected chi connectivity index (χ4v) is 3.58. The van der Waals surface area contributed by atoms with Crippen LogP contribution < -0.4 is 0 Å². The number of hydrogen-bond acceptors (Lipinski definition) is 8. The summed E-state index contributed by atoms with van der Waals surface area (Å²) in [6.07, 6.45) is 0. The van der Waals surface area contributed by atoms with Crippen LogP contribution >= 0.6 is 0 Å². The minimum absolute atomic E-state index is 1.24. The average Bonchev–Trinajstić information content (AvgIpc) is 2.96. The molecule has 0 spiro atoms. The van der Waals surface area contributed by atoms with Crippen molar-refractivity contribution >= 4 is 43.1 Å². The van der Waals surface area contributed by atoms with Gasteiger partial charge in [0.25, 0.3) is 0 Å². The Morgan fingerprint density at radius 3 is 0.667 bits per heavy atom. The van der Waals surface area contributed by atoms with Crippen LogP contribution in [0.4, 0.5) is 0 Å². The Balaban J connectivity index is 0.000000337. The van der Waals surface area contributed by atoms with Crippen LogP contribution in [0, 0.1) is 90.6 Å². The molecule has 0 bridgehead atoms. The standard InChI is InChI=1S/C20H12.4C2N2/c1-5-13-6-2-11-17-18-12-4-8-14-7-3-10-16(20(14)18)15(9-1)19(13)17;4*3-1-2-4/h1-12H;;;;. The lowest BCUT2D eigenvalue weighted by atomic mass is 9.90. The van der Waals surface area contributed by atoms with Crippen LogP contribution in [0.3, 0.4) is 0 Å². The molecule has 0 radical (unpaired) electrons. The van der Waals surface area contributed by atoms with Gasteiger partial charge in [-0.25, -0.2) is 0 Å². The smallest absolute Gasteiger partial charge is 0.181 e. The summed E-state index contributed by atoms with van der Waals surface area (Å²) in [4.78, 5) is 0. The summed E-state index contributed by atoms with van der Waals surface area (Å²) in [7, 11) is 0. The van der Waals surface area contributed by atoms with E-state index in [0.717, 1.165) is 0 Å². The summed E-state index contributed by atoms with van der Waals surface area (Å²) in [5.41, 5.74) is 0. The van der Waals surface area contributed by atoms with Crippen molar-refractivity contribution in [2.24, 2.45) is 0 Å². The molecule has 5 aromatic rings. The van der Waals surface area contributed by atoms with Crippen molar-refractivity contribution in [3.63, 3.8) is 0 Å². The molecule has 0 N–H and O–H groups in total. The number of hydrogen-bond donors (Lipinski definition) is 0. The molecule has 0 unspecified atom stereocenters. The van der Waals surface area contributed by atoms with E-state index >= 15 is 0 Å². The van der Waals surface area contributed by atoms with Crippen molar-refractivity contribution in [2.75, 3.05) is 0 Å². The molecule has 0 aromatic heterocycles. The van der Waals surface area contributed by atoms with Crippen molar-refractivity contribution in [3.8, 4) is 48.6 Å². The molecule has 0 amide bonds. The topological polar surface area (TPSA) is 190 Å². The Morgan fingerprint density at radius 2 is 0.500 bits per heavy atom. The first-order valence-electron chi connectivity index (χ1n) is 9.76. The van der Waals surface area contributed by atoms with Crippen LogP contribution in [-0.4, -0.2) is 0 Å². The molecule has 8 nitrogen and oxygen atoms in total. The van der Waals surface area contributed by atoms with Gasteiger partial charge in [-0.2, -0.15) is 42.1 Å². The Bertz CT molecular complexity index is 1520. The lowest BCUT2D eigenvalue weighted by molar-refractivity contribution is 1.49. The molecule has 0 saturated carbocycles. The maximum Gasteiger partial charge on any atom is 0.181 e. The highest BCUT2D eigenvalue weighted by Gasteiger charge is 2.11. The zero-order valence-electron chi connectivity index (χ0n) is 18.5. The molecule has 5 rings (SSSR count). The predicted octanol–water partition coefficient (Wildman–Crippen LogP) is 5.87. The number of fused-ring (bicyclic) bond motifs is 2.